The number of phenols is 1. The lowest BCUT2D eigenvalue weighted by Gasteiger charge is -2.13. The molecule has 0 bridgehead atoms. The molecule has 0 aliphatic rings. The minimum absolute atomic E-state index is 0.368. The zero-order chi connectivity index (χ0) is 10.7. The predicted octanol–water partition coefficient (Wildman–Crippen LogP) is 4.12. The lowest BCUT2D eigenvalue weighted by Crippen LogP contribution is -1.94. The molecule has 0 amide bonds. The standard InChI is InChI=1S/C12H17ClO/c1-4-8(3)10-7-12(14)9(5-2)6-11(10)13/h6-8,14H,4-5H2,1-3H3. The van der Waals surface area contributed by atoms with Crippen LogP contribution in [0.2, 0.25) is 5.02 Å². The van der Waals surface area contributed by atoms with Gasteiger partial charge in [0.1, 0.15) is 5.75 Å². The average Bonchev–Trinajstić information content (AvgIpc) is 2.19. The van der Waals surface area contributed by atoms with Gasteiger partial charge in [-0.15, -0.1) is 0 Å². The van der Waals surface area contributed by atoms with Crippen molar-refractivity contribution in [2.75, 3.05) is 0 Å². The summed E-state index contributed by atoms with van der Waals surface area (Å²) in [5.41, 5.74) is 1.96. The number of aryl methyl sites for hydroxylation is 1. The number of hydrogen-bond donors (Lipinski definition) is 1. The van der Waals surface area contributed by atoms with Crippen LogP contribution in [0.1, 0.15) is 44.2 Å². The predicted molar refractivity (Wildman–Crippen MR) is 61.2 cm³/mol. The van der Waals surface area contributed by atoms with Crippen LogP contribution >= 0.6 is 11.6 Å². The van der Waals surface area contributed by atoms with E-state index in [1.54, 1.807) is 6.07 Å². The molecular weight excluding hydrogens is 196 g/mol. The molecule has 1 rings (SSSR count). The molecule has 1 aromatic rings. The Morgan fingerprint density at radius 2 is 2.00 bits per heavy atom. The smallest absolute Gasteiger partial charge is 0.119 e. The van der Waals surface area contributed by atoms with Crippen molar-refractivity contribution in [2.24, 2.45) is 0 Å². The van der Waals surface area contributed by atoms with Crippen LogP contribution in [0.25, 0.3) is 0 Å². The maximum Gasteiger partial charge on any atom is 0.119 e. The van der Waals surface area contributed by atoms with E-state index in [1.165, 1.54) is 0 Å². The summed E-state index contributed by atoms with van der Waals surface area (Å²) >= 11 is 6.14. The summed E-state index contributed by atoms with van der Waals surface area (Å²) in [5, 5.41) is 10.5. The largest absolute Gasteiger partial charge is 0.508 e. The van der Waals surface area contributed by atoms with Gasteiger partial charge in [0.05, 0.1) is 0 Å². The van der Waals surface area contributed by atoms with Crippen molar-refractivity contribution in [2.45, 2.75) is 39.5 Å². The second kappa shape index (κ2) is 4.70. The van der Waals surface area contributed by atoms with E-state index >= 15 is 0 Å². The van der Waals surface area contributed by atoms with Crippen molar-refractivity contribution in [3.8, 4) is 5.75 Å². The summed E-state index contributed by atoms with van der Waals surface area (Å²) in [6.07, 6.45) is 1.84. The quantitative estimate of drug-likeness (QED) is 0.799. The minimum Gasteiger partial charge on any atom is -0.508 e. The van der Waals surface area contributed by atoms with E-state index in [0.717, 1.165) is 29.0 Å². The molecule has 0 fully saturated rings. The molecule has 0 saturated carbocycles. The molecule has 1 aromatic carbocycles. The molecule has 0 aliphatic carbocycles. The van der Waals surface area contributed by atoms with E-state index in [0.29, 0.717) is 11.7 Å². The highest BCUT2D eigenvalue weighted by Gasteiger charge is 2.11. The van der Waals surface area contributed by atoms with Crippen LogP contribution in [-0.2, 0) is 6.42 Å². The Balaban J connectivity index is 3.14. The monoisotopic (exact) mass is 212 g/mol. The molecule has 1 unspecified atom stereocenters. The second-order valence-electron chi connectivity index (χ2n) is 3.67. The Bertz CT molecular complexity index is 320. The Labute approximate surface area is 90.7 Å². The average molecular weight is 213 g/mol. The molecule has 0 aromatic heterocycles. The Morgan fingerprint density at radius 3 is 2.50 bits per heavy atom. The number of aromatic hydroxyl groups is 1. The maximum atomic E-state index is 9.70. The molecule has 0 aliphatic heterocycles. The number of hydrogen-bond acceptors (Lipinski definition) is 1. The first-order chi connectivity index (χ1) is 6.60. The highest BCUT2D eigenvalue weighted by Crippen LogP contribution is 2.32. The third kappa shape index (κ3) is 2.21. The third-order valence-corrected chi connectivity index (χ3v) is 3.05. The first-order valence-corrected chi connectivity index (χ1v) is 5.49. The molecule has 0 radical (unpaired) electrons. The van der Waals surface area contributed by atoms with Gasteiger partial charge < -0.3 is 5.11 Å². The molecule has 14 heavy (non-hydrogen) atoms. The van der Waals surface area contributed by atoms with Crippen molar-refractivity contribution in [3.05, 3.63) is 28.3 Å². The van der Waals surface area contributed by atoms with Gasteiger partial charge in [-0.25, -0.2) is 0 Å². The Kier molecular flexibility index (Phi) is 3.82. The lowest BCUT2D eigenvalue weighted by atomic mass is 9.96. The Morgan fingerprint density at radius 1 is 1.36 bits per heavy atom. The summed E-state index contributed by atoms with van der Waals surface area (Å²) in [4.78, 5) is 0. The molecule has 0 saturated heterocycles. The van der Waals surface area contributed by atoms with Gasteiger partial charge in [0.2, 0.25) is 0 Å². The summed E-state index contributed by atoms with van der Waals surface area (Å²) in [6, 6.07) is 3.67. The molecule has 2 heteroatoms. The third-order valence-electron chi connectivity index (χ3n) is 2.72. The van der Waals surface area contributed by atoms with Gasteiger partial charge in [0, 0.05) is 5.02 Å². The molecule has 0 heterocycles. The maximum absolute atomic E-state index is 9.70. The van der Waals surface area contributed by atoms with Gasteiger partial charge in [0.25, 0.3) is 0 Å². The van der Waals surface area contributed by atoms with E-state index in [-0.39, 0.29) is 0 Å². The van der Waals surface area contributed by atoms with Crippen LogP contribution in [0.4, 0.5) is 0 Å². The van der Waals surface area contributed by atoms with E-state index in [1.807, 2.05) is 13.0 Å². The summed E-state index contributed by atoms with van der Waals surface area (Å²) in [6.45, 7) is 6.24. The van der Waals surface area contributed by atoms with Crippen LogP contribution in [0, 0.1) is 0 Å². The normalized spacial score (nSPS) is 12.9. The Hall–Kier alpha value is -0.690. The second-order valence-corrected chi connectivity index (χ2v) is 4.07. The van der Waals surface area contributed by atoms with Crippen LogP contribution in [0.3, 0.4) is 0 Å². The number of benzene rings is 1. The summed E-state index contributed by atoms with van der Waals surface area (Å²) in [5.74, 6) is 0.770. The fraction of sp³-hybridized carbons (Fsp3) is 0.500. The van der Waals surface area contributed by atoms with Crippen molar-refractivity contribution in [1.29, 1.82) is 0 Å². The molecule has 0 spiro atoms. The number of phenolic OH excluding ortho intramolecular Hbond substituents is 1. The van der Waals surface area contributed by atoms with Crippen molar-refractivity contribution >= 4 is 11.6 Å². The van der Waals surface area contributed by atoms with Crippen molar-refractivity contribution in [1.82, 2.24) is 0 Å². The van der Waals surface area contributed by atoms with Crippen molar-refractivity contribution < 1.29 is 5.11 Å². The molecule has 1 nitrogen and oxygen atoms in total. The molecule has 1 N–H and O–H groups in total. The fourth-order valence-electron chi connectivity index (χ4n) is 1.50. The SMILES string of the molecule is CCc1cc(Cl)c(C(C)CC)cc1O. The topological polar surface area (TPSA) is 20.2 Å². The van der Waals surface area contributed by atoms with E-state index in [4.69, 9.17) is 11.6 Å². The zero-order valence-electron chi connectivity index (χ0n) is 8.97. The fourth-order valence-corrected chi connectivity index (χ4v) is 1.87. The van der Waals surface area contributed by atoms with Crippen LogP contribution < -0.4 is 0 Å². The highest BCUT2D eigenvalue weighted by molar-refractivity contribution is 6.31. The van der Waals surface area contributed by atoms with Gasteiger partial charge in [-0.3, -0.25) is 0 Å². The summed E-state index contributed by atoms with van der Waals surface area (Å²) in [7, 11) is 0. The number of halogens is 1. The zero-order valence-corrected chi connectivity index (χ0v) is 9.73. The van der Waals surface area contributed by atoms with Gasteiger partial charge in [0.15, 0.2) is 0 Å². The van der Waals surface area contributed by atoms with E-state index in [2.05, 4.69) is 13.8 Å². The molecular formula is C12H17ClO. The van der Waals surface area contributed by atoms with Gasteiger partial charge in [-0.2, -0.15) is 0 Å². The van der Waals surface area contributed by atoms with E-state index in [9.17, 15) is 5.11 Å². The first-order valence-electron chi connectivity index (χ1n) is 5.11. The van der Waals surface area contributed by atoms with Crippen molar-refractivity contribution in [3.63, 3.8) is 0 Å². The molecule has 78 valence electrons. The lowest BCUT2D eigenvalue weighted by molar-refractivity contribution is 0.467. The van der Waals surface area contributed by atoms with Gasteiger partial charge >= 0.3 is 0 Å². The minimum atomic E-state index is 0.368. The van der Waals surface area contributed by atoms with Gasteiger partial charge in [-0.1, -0.05) is 32.4 Å². The number of rotatable bonds is 3. The first kappa shape index (κ1) is 11.4. The highest BCUT2D eigenvalue weighted by atomic mass is 35.5. The van der Waals surface area contributed by atoms with Crippen LogP contribution in [0.15, 0.2) is 12.1 Å². The van der Waals surface area contributed by atoms with Crippen LogP contribution in [0.5, 0.6) is 5.75 Å². The molecule has 1 atom stereocenters. The van der Waals surface area contributed by atoms with Gasteiger partial charge in [-0.05, 0) is 42.0 Å². The van der Waals surface area contributed by atoms with E-state index < -0.39 is 0 Å². The van der Waals surface area contributed by atoms with Crippen LogP contribution in [-0.4, -0.2) is 5.11 Å². The summed E-state index contributed by atoms with van der Waals surface area (Å²) < 4.78 is 0.